The van der Waals surface area contributed by atoms with E-state index in [1.54, 1.807) is 6.07 Å². The topological polar surface area (TPSA) is 52.0 Å². The van der Waals surface area contributed by atoms with Gasteiger partial charge in [0.05, 0.1) is 10.7 Å². The van der Waals surface area contributed by atoms with Crippen molar-refractivity contribution in [3.05, 3.63) is 22.0 Å². The zero-order valence-electron chi connectivity index (χ0n) is 9.05. The summed E-state index contributed by atoms with van der Waals surface area (Å²) >= 11 is 12.0. The lowest BCUT2D eigenvalue weighted by atomic mass is 10.1. The molecule has 0 unspecified atom stereocenters. The van der Waals surface area contributed by atoms with Crippen molar-refractivity contribution in [2.45, 2.75) is 20.3 Å². The van der Waals surface area contributed by atoms with Gasteiger partial charge in [-0.15, -0.1) is 0 Å². The van der Waals surface area contributed by atoms with E-state index in [4.69, 9.17) is 33.4 Å². The number of halogens is 2. The maximum atomic E-state index is 6.04. The van der Waals surface area contributed by atoms with Crippen LogP contribution in [0.15, 0.2) is 10.5 Å². The van der Waals surface area contributed by atoms with Crippen molar-refractivity contribution in [1.82, 2.24) is 4.98 Å². The van der Waals surface area contributed by atoms with Gasteiger partial charge in [-0.25, -0.2) is 4.98 Å². The molecule has 16 heavy (non-hydrogen) atoms. The van der Waals surface area contributed by atoms with Crippen molar-refractivity contribution >= 4 is 40.0 Å². The third-order valence-electron chi connectivity index (χ3n) is 2.22. The quantitative estimate of drug-likeness (QED) is 0.831. The molecule has 0 fully saturated rings. The van der Waals surface area contributed by atoms with Crippen LogP contribution in [0.4, 0.5) is 5.69 Å². The Kier molecular flexibility index (Phi) is 3.00. The molecule has 2 N–H and O–H groups in total. The smallest absolute Gasteiger partial charge is 0.195 e. The number of fused-ring (bicyclic) bond motifs is 1. The molecule has 1 aromatic heterocycles. The van der Waals surface area contributed by atoms with Crippen LogP contribution in [0, 0.1) is 5.92 Å². The summed E-state index contributed by atoms with van der Waals surface area (Å²) in [5.41, 5.74) is 7.28. The summed E-state index contributed by atoms with van der Waals surface area (Å²) in [5.74, 6) is 1.13. The van der Waals surface area contributed by atoms with Gasteiger partial charge in [0, 0.05) is 6.42 Å². The second-order valence-corrected chi connectivity index (χ2v) is 4.90. The Labute approximate surface area is 104 Å². The number of benzene rings is 1. The molecule has 0 radical (unpaired) electrons. The zero-order chi connectivity index (χ0) is 11.9. The lowest BCUT2D eigenvalue weighted by molar-refractivity contribution is 0.482. The Hall–Kier alpha value is -0.930. The Bertz CT molecular complexity index is 534. The molecule has 0 aliphatic rings. The normalized spacial score (nSPS) is 11.6. The first-order chi connectivity index (χ1) is 7.49. The van der Waals surface area contributed by atoms with E-state index in [1.807, 2.05) is 0 Å². The van der Waals surface area contributed by atoms with Crippen LogP contribution >= 0.6 is 23.2 Å². The maximum absolute atomic E-state index is 6.04. The first kappa shape index (κ1) is 11.6. The molecule has 2 rings (SSSR count). The van der Waals surface area contributed by atoms with E-state index in [2.05, 4.69) is 18.8 Å². The maximum Gasteiger partial charge on any atom is 0.195 e. The molecule has 1 aromatic carbocycles. The average Bonchev–Trinajstić information content (AvgIpc) is 2.56. The molecule has 86 valence electrons. The predicted molar refractivity (Wildman–Crippen MR) is 67.0 cm³/mol. The minimum absolute atomic E-state index is 0.321. The number of hydrogen-bond donors (Lipinski definition) is 1. The van der Waals surface area contributed by atoms with Gasteiger partial charge in [0.15, 0.2) is 11.5 Å². The van der Waals surface area contributed by atoms with Crippen molar-refractivity contribution in [1.29, 1.82) is 0 Å². The van der Waals surface area contributed by atoms with Gasteiger partial charge in [0.25, 0.3) is 0 Å². The van der Waals surface area contributed by atoms with E-state index in [-0.39, 0.29) is 0 Å². The Balaban J connectivity index is 2.57. The average molecular weight is 259 g/mol. The third kappa shape index (κ3) is 1.97. The predicted octanol–water partition coefficient (Wildman–Crippen LogP) is 3.92. The highest BCUT2D eigenvalue weighted by Gasteiger charge is 2.15. The SMILES string of the molecule is CC(C)Cc1nc2cc(N)c(Cl)c(Cl)c2o1. The molecule has 2 aromatic rings. The Morgan fingerprint density at radius 2 is 2.06 bits per heavy atom. The number of nitrogens with two attached hydrogens (primary N) is 1. The largest absolute Gasteiger partial charge is 0.439 e. The molecule has 0 saturated carbocycles. The lowest BCUT2D eigenvalue weighted by Gasteiger charge is -1.99. The van der Waals surface area contributed by atoms with Gasteiger partial charge in [0.2, 0.25) is 0 Å². The van der Waals surface area contributed by atoms with E-state index in [0.717, 1.165) is 6.42 Å². The van der Waals surface area contributed by atoms with Gasteiger partial charge in [-0.05, 0) is 12.0 Å². The number of rotatable bonds is 2. The first-order valence-corrected chi connectivity index (χ1v) is 5.77. The van der Waals surface area contributed by atoms with Gasteiger partial charge < -0.3 is 10.2 Å². The van der Waals surface area contributed by atoms with Crippen molar-refractivity contribution in [2.24, 2.45) is 5.92 Å². The number of aromatic nitrogens is 1. The molecule has 0 aliphatic carbocycles. The van der Waals surface area contributed by atoms with Crippen LogP contribution < -0.4 is 5.73 Å². The van der Waals surface area contributed by atoms with Crippen molar-refractivity contribution < 1.29 is 4.42 Å². The number of oxazole rings is 1. The molecule has 0 atom stereocenters. The first-order valence-electron chi connectivity index (χ1n) is 5.02. The van der Waals surface area contributed by atoms with E-state index >= 15 is 0 Å². The van der Waals surface area contributed by atoms with Crippen LogP contribution in [-0.2, 0) is 6.42 Å². The van der Waals surface area contributed by atoms with Gasteiger partial charge in [0.1, 0.15) is 10.5 Å². The van der Waals surface area contributed by atoms with Gasteiger partial charge in [-0.2, -0.15) is 0 Å². The van der Waals surface area contributed by atoms with E-state index in [1.165, 1.54) is 0 Å². The lowest BCUT2D eigenvalue weighted by Crippen LogP contribution is -1.93. The van der Waals surface area contributed by atoms with Crippen LogP contribution in [0.1, 0.15) is 19.7 Å². The summed E-state index contributed by atoms with van der Waals surface area (Å²) in [6.07, 6.45) is 0.766. The highest BCUT2D eigenvalue weighted by atomic mass is 35.5. The summed E-state index contributed by atoms with van der Waals surface area (Å²) in [6, 6.07) is 1.68. The number of nitrogens with zero attached hydrogens (tertiary/aromatic N) is 1. The summed E-state index contributed by atoms with van der Waals surface area (Å²) in [4.78, 5) is 4.33. The summed E-state index contributed by atoms with van der Waals surface area (Å²) in [5, 5.41) is 0.653. The molecule has 5 heteroatoms. The summed E-state index contributed by atoms with van der Waals surface area (Å²) < 4.78 is 5.56. The highest BCUT2D eigenvalue weighted by molar-refractivity contribution is 6.46. The molecular weight excluding hydrogens is 247 g/mol. The van der Waals surface area contributed by atoms with Crippen LogP contribution in [0.3, 0.4) is 0 Å². The fourth-order valence-corrected chi connectivity index (χ4v) is 1.89. The highest BCUT2D eigenvalue weighted by Crippen LogP contribution is 2.36. The molecule has 0 spiro atoms. The molecule has 0 aliphatic heterocycles. The monoisotopic (exact) mass is 258 g/mol. The second-order valence-electron chi connectivity index (χ2n) is 4.15. The molecule has 3 nitrogen and oxygen atoms in total. The third-order valence-corrected chi connectivity index (χ3v) is 3.08. The summed E-state index contributed by atoms with van der Waals surface area (Å²) in [7, 11) is 0. The molecule has 1 heterocycles. The molecule has 0 saturated heterocycles. The van der Waals surface area contributed by atoms with Crippen molar-refractivity contribution in [2.75, 3.05) is 5.73 Å². The van der Waals surface area contributed by atoms with Gasteiger partial charge in [-0.3, -0.25) is 0 Å². The fourth-order valence-electron chi connectivity index (χ4n) is 1.51. The van der Waals surface area contributed by atoms with Crippen molar-refractivity contribution in [3.63, 3.8) is 0 Å². The second kappa shape index (κ2) is 4.15. The number of anilines is 1. The molecular formula is C11H12Cl2N2O. The van der Waals surface area contributed by atoms with Crippen molar-refractivity contribution in [3.8, 4) is 0 Å². The number of hydrogen-bond acceptors (Lipinski definition) is 3. The summed E-state index contributed by atoms with van der Waals surface area (Å²) in [6.45, 7) is 4.19. The fraction of sp³-hybridized carbons (Fsp3) is 0.364. The van der Waals surface area contributed by atoms with Crippen LogP contribution in [-0.4, -0.2) is 4.98 Å². The van der Waals surface area contributed by atoms with E-state index in [9.17, 15) is 0 Å². The Morgan fingerprint density at radius 3 is 2.69 bits per heavy atom. The van der Waals surface area contributed by atoms with Crippen LogP contribution in [0.25, 0.3) is 11.1 Å². The van der Waals surface area contributed by atoms with E-state index < -0.39 is 0 Å². The zero-order valence-corrected chi connectivity index (χ0v) is 10.6. The molecule has 0 amide bonds. The standard InChI is InChI=1S/C11H12Cl2N2O/c1-5(2)3-8-15-7-4-6(14)9(12)10(13)11(7)16-8/h4-5H,3,14H2,1-2H3. The van der Waals surface area contributed by atoms with E-state index in [0.29, 0.717) is 38.6 Å². The van der Waals surface area contributed by atoms with Crippen LogP contribution in [0.5, 0.6) is 0 Å². The molecule has 0 bridgehead atoms. The number of nitrogen functional groups attached to an aromatic ring is 1. The van der Waals surface area contributed by atoms with Gasteiger partial charge in [-0.1, -0.05) is 37.0 Å². The minimum Gasteiger partial charge on any atom is -0.439 e. The van der Waals surface area contributed by atoms with Crippen LogP contribution in [0.2, 0.25) is 10.0 Å². The minimum atomic E-state index is 0.321. The Morgan fingerprint density at radius 1 is 1.38 bits per heavy atom. The van der Waals surface area contributed by atoms with Gasteiger partial charge >= 0.3 is 0 Å².